The Balaban J connectivity index is 1.87. The van der Waals surface area contributed by atoms with Crippen LogP contribution in [0.2, 0.25) is 0 Å². The molecule has 23 heavy (non-hydrogen) atoms. The Kier molecular flexibility index (Phi) is 4.50. The van der Waals surface area contributed by atoms with Gasteiger partial charge in [-0.3, -0.25) is 4.79 Å². The summed E-state index contributed by atoms with van der Waals surface area (Å²) in [5, 5.41) is 3.67. The molecule has 1 N–H and O–H groups in total. The molecule has 1 aliphatic rings. The van der Waals surface area contributed by atoms with E-state index in [9.17, 15) is 17.6 Å². The quantitative estimate of drug-likeness (QED) is 0.812. The van der Waals surface area contributed by atoms with Crippen molar-refractivity contribution in [2.24, 2.45) is 5.92 Å². The lowest BCUT2D eigenvalue weighted by Crippen LogP contribution is -2.32. The summed E-state index contributed by atoms with van der Waals surface area (Å²) in [6, 6.07) is 8.28. The molecule has 122 valence electrons. The van der Waals surface area contributed by atoms with E-state index in [1.807, 2.05) is 0 Å². The second kappa shape index (κ2) is 6.41. The number of sulfone groups is 1. The SMILES string of the molecule is O=C(NC[C@@H](c1cccs1)S(=O)(=O)c1ccc(F)cc1)C1CC1. The average Bonchev–Trinajstić information content (AvgIpc) is 3.24. The molecule has 4 nitrogen and oxygen atoms in total. The molecule has 1 aromatic carbocycles. The van der Waals surface area contributed by atoms with Crippen LogP contribution in [0.25, 0.3) is 0 Å². The minimum atomic E-state index is -3.71. The standard InChI is InChI=1S/C16H16FNO3S2/c17-12-5-7-13(8-6-12)23(20,21)15(14-2-1-9-22-14)10-18-16(19)11-3-4-11/h1-2,5-9,11,15H,3-4,10H2,(H,18,19)/t15-/m0/s1. The molecule has 1 fully saturated rings. The number of hydrogen-bond donors (Lipinski definition) is 1. The largest absolute Gasteiger partial charge is 0.354 e. The van der Waals surface area contributed by atoms with E-state index in [0.29, 0.717) is 4.88 Å². The summed E-state index contributed by atoms with van der Waals surface area (Å²) in [5.41, 5.74) is 0. The summed E-state index contributed by atoms with van der Waals surface area (Å²) in [6.07, 6.45) is 1.72. The summed E-state index contributed by atoms with van der Waals surface area (Å²) >= 11 is 1.33. The van der Waals surface area contributed by atoms with Gasteiger partial charge in [-0.25, -0.2) is 12.8 Å². The smallest absolute Gasteiger partial charge is 0.223 e. The third-order valence-electron chi connectivity index (χ3n) is 3.79. The third kappa shape index (κ3) is 3.61. The second-order valence-electron chi connectivity index (χ2n) is 5.52. The first-order valence-electron chi connectivity index (χ1n) is 7.29. The topological polar surface area (TPSA) is 63.2 Å². The van der Waals surface area contributed by atoms with E-state index in [0.717, 1.165) is 25.0 Å². The maximum atomic E-state index is 13.0. The van der Waals surface area contributed by atoms with Crippen molar-refractivity contribution < 1.29 is 17.6 Å². The van der Waals surface area contributed by atoms with Gasteiger partial charge in [0.2, 0.25) is 5.91 Å². The summed E-state index contributed by atoms with van der Waals surface area (Å²) in [7, 11) is -3.71. The molecule has 3 rings (SSSR count). The van der Waals surface area contributed by atoms with Crippen molar-refractivity contribution in [2.75, 3.05) is 6.54 Å². The zero-order valence-corrected chi connectivity index (χ0v) is 13.9. The molecule has 1 atom stereocenters. The van der Waals surface area contributed by atoms with E-state index >= 15 is 0 Å². The highest BCUT2D eigenvalue weighted by Crippen LogP contribution is 2.33. The van der Waals surface area contributed by atoms with Crippen molar-refractivity contribution in [3.05, 3.63) is 52.5 Å². The van der Waals surface area contributed by atoms with Crippen LogP contribution >= 0.6 is 11.3 Å². The van der Waals surface area contributed by atoms with Gasteiger partial charge >= 0.3 is 0 Å². The van der Waals surface area contributed by atoms with Gasteiger partial charge in [0.05, 0.1) is 4.90 Å². The fourth-order valence-corrected chi connectivity index (χ4v) is 5.09. The minimum absolute atomic E-state index is 0.0208. The predicted molar refractivity (Wildman–Crippen MR) is 86.4 cm³/mol. The minimum Gasteiger partial charge on any atom is -0.354 e. The Labute approximate surface area is 138 Å². The van der Waals surface area contributed by atoms with Crippen LogP contribution in [0.4, 0.5) is 4.39 Å². The molecule has 7 heteroatoms. The van der Waals surface area contributed by atoms with Gasteiger partial charge in [0.25, 0.3) is 0 Å². The molecule has 1 saturated carbocycles. The number of benzene rings is 1. The normalized spacial score (nSPS) is 16.0. The lowest BCUT2D eigenvalue weighted by atomic mass is 10.3. The number of rotatable bonds is 6. The van der Waals surface area contributed by atoms with Crippen LogP contribution in [0.15, 0.2) is 46.7 Å². The number of halogens is 1. The van der Waals surface area contributed by atoms with E-state index in [2.05, 4.69) is 5.32 Å². The van der Waals surface area contributed by atoms with Gasteiger partial charge in [0.1, 0.15) is 11.1 Å². The highest BCUT2D eigenvalue weighted by molar-refractivity contribution is 7.91. The molecule has 1 aromatic heterocycles. The Morgan fingerprint density at radius 2 is 1.96 bits per heavy atom. The van der Waals surface area contributed by atoms with Gasteiger partial charge < -0.3 is 5.32 Å². The summed E-state index contributed by atoms with van der Waals surface area (Å²) < 4.78 is 38.8. The molecule has 1 aliphatic carbocycles. The maximum absolute atomic E-state index is 13.0. The maximum Gasteiger partial charge on any atom is 0.223 e. The fraction of sp³-hybridized carbons (Fsp3) is 0.312. The predicted octanol–water partition coefficient (Wildman–Crippen LogP) is 2.93. The molecule has 0 saturated heterocycles. The molecular formula is C16H16FNO3S2. The Hall–Kier alpha value is -1.73. The van der Waals surface area contributed by atoms with Gasteiger partial charge in [-0.1, -0.05) is 6.07 Å². The van der Waals surface area contributed by atoms with E-state index in [1.165, 1.54) is 23.5 Å². The molecule has 2 aromatic rings. The average molecular weight is 353 g/mol. The van der Waals surface area contributed by atoms with Crippen LogP contribution in [-0.2, 0) is 14.6 Å². The van der Waals surface area contributed by atoms with Gasteiger partial charge in [-0.05, 0) is 48.6 Å². The molecule has 1 amide bonds. The van der Waals surface area contributed by atoms with Crippen LogP contribution in [0.3, 0.4) is 0 Å². The molecule has 0 spiro atoms. The van der Waals surface area contributed by atoms with Crippen molar-refractivity contribution in [3.8, 4) is 0 Å². The lowest BCUT2D eigenvalue weighted by Gasteiger charge is -2.17. The molecule has 0 bridgehead atoms. The Morgan fingerprint density at radius 1 is 1.26 bits per heavy atom. The highest BCUT2D eigenvalue weighted by atomic mass is 32.2. The van der Waals surface area contributed by atoms with Crippen molar-refractivity contribution in [2.45, 2.75) is 23.0 Å². The highest BCUT2D eigenvalue weighted by Gasteiger charge is 2.33. The lowest BCUT2D eigenvalue weighted by molar-refractivity contribution is -0.122. The monoisotopic (exact) mass is 353 g/mol. The van der Waals surface area contributed by atoms with E-state index < -0.39 is 20.9 Å². The number of carbonyl (C=O) groups is 1. The fourth-order valence-electron chi connectivity index (χ4n) is 2.31. The van der Waals surface area contributed by atoms with Gasteiger partial charge in [-0.2, -0.15) is 0 Å². The van der Waals surface area contributed by atoms with Gasteiger partial charge in [-0.15, -0.1) is 11.3 Å². The molecule has 0 unspecified atom stereocenters. The molecule has 0 aliphatic heterocycles. The van der Waals surface area contributed by atoms with Crippen molar-refractivity contribution in [1.29, 1.82) is 0 Å². The summed E-state index contributed by atoms with van der Waals surface area (Å²) in [4.78, 5) is 12.5. The van der Waals surface area contributed by atoms with Crippen LogP contribution < -0.4 is 5.32 Å². The van der Waals surface area contributed by atoms with E-state index in [4.69, 9.17) is 0 Å². The molecular weight excluding hydrogens is 337 g/mol. The van der Waals surface area contributed by atoms with Crippen LogP contribution in [0, 0.1) is 11.7 Å². The van der Waals surface area contributed by atoms with Crippen LogP contribution in [0.5, 0.6) is 0 Å². The number of amides is 1. The zero-order chi connectivity index (χ0) is 16.4. The molecule has 1 heterocycles. The van der Waals surface area contributed by atoms with Crippen molar-refractivity contribution >= 4 is 27.1 Å². The van der Waals surface area contributed by atoms with E-state index in [1.54, 1.807) is 17.5 Å². The third-order valence-corrected chi connectivity index (χ3v) is 7.02. The Bertz CT molecular complexity index is 781. The zero-order valence-electron chi connectivity index (χ0n) is 12.2. The first kappa shape index (κ1) is 16.1. The van der Waals surface area contributed by atoms with Crippen molar-refractivity contribution in [3.63, 3.8) is 0 Å². The van der Waals surface area contributed by atoms with Gasteiger partial charge in [0.15, 0.2) is 9.84 Å². The Morgan fingerprint density at radius 3 is 2.52 bits per heavy atom. The van der Waals surface area contributed by atoms with E-state index in [-0.39, 0.29) is 23.3 Å². The van der Waals surface area contributed by atoms with Crippen LogP contribution in [-0.4, -0.2) is 20.9 Å². The first-order chi connectivity index (χ1) is 11.0. The van der Waals surface area contributed by atoms with Crippen LogP contribution in [0.1, 0.15) is 23.0 Å². The number of thiophene rings is 1. The molecule has 0 radical (unpaired) electrons. The van der Waals surface area contributed by atoms with Gasteiger partial charge in [0, 0.05) is 17.3 Å². The van der Waals surface area contributed by atoms with Crippen molar-refractivity contribution in [1.82, 2.24) is 5.32 Å². The number of carbonyl (C=O) groups excluding carboxylic acids is 1. The first-order valence-corrected chi connectivity index (χ1v) is 9.71. The summed E-state index contributed by atoms with van der Waals surface area (Å²) in [6.45, 7) is 0.0234. The second-order valence-corrected chi connectivity index (χ2v) is 8.63. The summed E-state index contributed by atoms with van der Waals surface area (Å²) in [5.74, 6) is -0.563. The number of nitrogens with one attached hydrogen (secondary N) is 1. The number of hydrogen-bond acceptors (Lipinski definition) is 4.